The van der Waals surface area contributed by atoms with Crippen LogP contribution in [0.4, 0.5) is 5.69 Å². The highest BCUT2D eigenvalue weighted by molar-refractivity contribution is 5.90. The Kier molecular flexibility index (Phi) is 4.12. The number of imidazole rings is 1. The summed E-state index contributed by atoms with van der Waals surface area (Å²) in [6.45, 7) is 1.99. The number of rotatable bonds is 4. The number of aromatic nitrogens is 2. The van der Waals surface area contributed by atoms with Gasteiger partial charge in [0.1, 0.15) is 11.4 Å². The maximum Gasteiger partial charge on any atom is 0.338 e. The lowest BCUT2D eigenvalue weighted by Crippen LogP contribution is -2.02. The first-order chi connectivity index (χ1) is 11.5. The van der Waals surface area contributed by atoms with Crippen LogP contribution in [-0.4, -0.2) is 27.6 Å². The molecule has 2 heterocycles. The number of methoxy groups -OCH3 is 1. The quantitative estimate of drug-likeness (QED) is 0.437. The van der Waals surface area contributed by atoms with Gasteiger partial charge >= 0.3 is 5.97 Å². The van der Waals surface area contributed by atoms with Crippen molar-refractivity contribution in [2.75, 3.05) is 12.8 Å². The molecule has 0 aliphatic rings. The number of carbonyl (C=O) groups excluding carboxylic acids is 1. The lowest BCUT2D eigenvalue weighted by molar-refractivity contribution is 0.0600. The van der Waals surface area contributed by atoms with E-state index in [1.54, 1.807) is 24.3 Å². The number of nitrogens with zero attached hydrogens (tertiary/aromatic N) is 2. The van der Waals surface area contributed by atoms with Crippen molar-refractivity contribution < 1.29 is 14.6 Å². The van der Waals surface area contributed by atoms with Crippen LogP contribution in [0.5, 0.6) is 5.75 Å². The van der Waals surface area contributed by atoms with Crippen LogP contribution in [0, 0.1) is 6.92 Å². The van der Waals surface area contributed by atoms with Crippen molar-refractivity contribution in [3.05, 3.63) is 59.0 Å². The van der Waals surface area contributed by atoms with Gasteiger partial charge in [-0.15, -0.1) is 0 Å². The van der Waals surface area contributed by atoms with Crippen LogP contribution >= 0.6 is 0 Å². The van der Waals surface area contributed by atoms with Gasteiger partial charge < -0.3 is 20.0 Å². The summed E-state index contributed by atoms with van der Waals surface area (Å²) < 4.78 is 6.69. The first-order valence-electron chi connectivity index (χ1n) is 7.63. The van der Waals surface area contributed by atoms with Gasteiger partial charge in [0.25, 0.3) is 0 Å². The molecule has 6 heteroatoms. The van der Waals surface area contributed by atoms with Crippen LogP contribution in [0.3, 0.4) is 0 Å². The Morgan fingerprint density at radius 3 is 2.79 bits per heavy atom. The van der Waals surface area contributed by atoms with E-state index in [2.05, 4.69) is 4.98 Å². The van der Waals surface area contributed by atoms with E-state index < -0.39 is 0 Å². The molecule has 0 radical (unpaired) electrons. The number of aromatic hydroxyl groups is 1. The van der Waals surface area contributed by atoms with Crippen LogP contribution in [-0.2, 0) is 17.6 Å². The third-order valence-corrected chi connectivity index (χ3v) is 4.13. The van der Waals surface area contributed by atoms with Crippen LogP contribution in [0.2, 0.25) is 0 Å². The lowest BCUT2D eigenvalue weighted by Gasteiger charge is -2.04. The van der Waals surface area contributed by atoms with Crippen LogP contribution in [0.25, 0.3) is 5.65 Å². The number of phenolic OH excluding ortho intramolecular Hbond substituents is 1. The molecule has 3 aromatic rings. The third-order valence-electron chi connectivity index (χ3n) is 4.13. The molecular formula is C18H19N3O3. The summed E-state index contributed by atoms with van der Waals surface area (Å²) in [7, 11) is 1.36. The fourth-order valence-corrected chi connectivity index (χ4v) is 2.71. The van der Waals surface area contributed by atoms with Crippen molar-refractivity contribution in [1.82, 2.24) is 9.38 Å². The monoisotopic (exact) mass is 325 g/mol. The molecule has 0 bridgehead atoms. The highest BCUT2D eigenvalue weighted by Crippen LogP contribution is 2.22. The Morgan fingerprint density at radius 1 is 1.29 bits per heavy atom. The van der Waals surface area contributed by atoms with Gasteiger partial charge in [0.2, 0.25) is 0 Å². The number of nitrogen functional groups attached to an aromatic ring is 1. The van der Waals surface area contributed by atoms with Gasteiger partial charge in [-0.05, 0) is 49.6 Å². The molecule has 3 rings (SSSR count). The molecule has 0 unspecified atom stereocenters. The maximum absolute atomic E-state index is 11.6. The highest BCUT2D eigenvalue weighted by Gasteiger charge is 2.12. The highest BCUT2D eigenvalue weighted by atomic mass is 16.5. The van der Waals surface area contributed by atoms with Gasteiger partial charge in [0.05, 0.1) is 24.1 Å². The van der Waals surface area contributed by atoms with E-state index in [0.717, 1.165) is 29.8 Å². The van der Waals surface area contributed by atoms with Gasteiger partial charge in [-0.25, -0.2) is 9.78 Å². The van der Waals surface area contributed by atoms with E-state index in [4.69, 9.17) is 10.5 Å². The van der Waals surface area contributed by atoms with Crippen LogP contribution in [0.1, 0.15) is 27.3 Å². The van der Waals surface area contributed by atoms with E-state index in [1.807, 2.05) is 23.6 Å². The summed E-state index contributed by atoms with van der Waals surface area (Å²) in [4.78, 5) is 16.2. The summed E-state index contributed by atoms with van der Waals surface area (Å²) in [5, 5.41) is 9.68. The second-order valence-electron chi connectivity index (χ2n) is 5.67. The number of hydrogen-bond acceptors (Lipinski definition) is 5. The second-order valence-corrected chi connectivity index (χ2v) is 5.67. The SMILES string of the molecule is COC(=O)c1ccn2c(C)c(CCc3ccc(N)c(O)c3)nc2c1. The molecule has 0 atom stereocenters. The molecule has 1 aromatic carbocycles. The van der Waals surface area contributed by atoms with Crippen molar-refractivity contribution in [3.63, 3.8) is 0 Å². The van der Waals surface area contributed by atoms with E-state index in [0.29, 0.717) is 16.9 Å². The van der Waals surface area contributed by atoms with E-state index in [1.165, 1.54) is 7.11 Å². The minimum Gasteiger partial charge on any atom is -0.506 e. The lowest BCUT2D eigenvalue weighted by atomic mass is 10.1. The molecule has 0 saturated carbocycles. The molecule has 6 nitrogen and oxygen atoms in total. The molecule has 0 amide bonds. The fourth-order valence-electron chi connectivity index (χ4n) is 2.71. The third kappa shape index (κ3) is 2.90. The number of hydrogen-bond donors (Lipinski definition) is 2. The van der Waals surface area contributed by atoms with Gasteiger partial charge in [0.15, 0.2) is 0 Å². The van der Waals surface area contributed by atoms with E-state index in [-0.39, 0.29) is 11.7 Å². The van der Waals surface area contributed by atoms with Crippen LogP contribution in [0.15, 0.2) is 36.5 Å². The number of esters is 1. The van der Waals surface area contributed by atoms with Crippen molar-refractivity contribution in [2.45, 2.75) is 19.8 Å². The van der Waals surface area contributed by atoms with Crippen LogP contribution < -0.4 is 5.73 Å². The number of benzene rings is 1. The van der Waals surface area contributed by atoms with Gasteiger partial charge in [-0.1, -0.05) is 6.07 Å². The molecule has 0 saturated heterocycles. The summed E-state index contributed by atoms with van der Waals surface area (Å²) in [6, 6.07) is 8.71. The minimum atomic E-state index is -0.378. The topological polar surface area (TPSA) is 89.9 Å². The molecule has 124 valence electrons. The maximum atomic E-state index is 11.6. The zero-order chi connectivity index (χ0) is 17.3. The number of phenols is 1. The molecule has 0 aliphatic heterocycles. The van der Waals surface area contributed by atoms with E-state index >= 15 is 0 Å². The summed E-state index contributed by atoms with van der Waals surface area (Å²) in [5.74, 6) is -0.279. The molecular weight excluding hydrogens is 306 g/mol. The van der Waals surface area contributed by atoms with Crippen molar-refractivity contribution in [1.29, 1.82) is 0 Å². The molecule has 24 heavy (non-hydrogen) atoms. The largest absolute Gasteiger partial charge is 0.506 e. The predicted octanol–water partition coefficient (Wildman–Crippen LogP) is 2.50. The van der Waals surface area contributed by atoms with E-state index in [9.17, 15) is 9.90 Å². The van der Waals surface area contributed by atoms with Gasteiger partial charge in [-0.3, -0.25) is 0 Å². The smallest absolute Gasteiger partial charge is 0.338 e. The number of fused-ring (bicyclic) bond motifs is 1. The summed E-state index contributed by atoms with van der Waals surface area (Å²) in [5.41, 5.74) is 10.2. The average Bonchev–Trinajstić information content (AvgIpc) is 2.90. The number of pyridine rings is 1. The zero-order valence-corrected chi connectivity index (χ0v) is 13.6. The number of aryl methyl sites for hydroxylation is 3. The molecule has 2 aromatic heterocycles. The Hall–Kier alpha value is -3.02. The second kappa shape index (κ2) is 6.23. The summed E-state index contributed by atoms with van der Waals surface area (Å²) >= 11 is 0. The van der Waals surface area contributed by atoms with Gasteiger partial charge in [0, 0.05) is 11.9 Å². The Labute approximate surface area is 139 Å². The van der Waals surface area contributed by atoms with Crippen molar-refractivity contribution in [2.24, 2.45) is 0 Å². The van der Waals surface area contributed by atoms with Gasteiger partial charge in [-0.2, -0.15) is 0 Å². The van der Waals surface area contributed by atoms with Crippen molar-refractivity contribution >= 4 is 17.3 Å². The molecule has 0 spiro atoms. The fraction of sp³-hybridized carbons (Fsp3) is 0.222. The normalized spacial score (nSPS) is 10.9. The molecule has 0 aliphatic carbocycles. The molecule has 3 N–H and O–H groups in total. The summed E-state index contributed by atoms with van der Waals surface area (Å²) in [6.07, 6.45) is 3.29. The first kappa shape index (κ1) is 15.9. The average molecular weight is 325 g/mol. The number of ether oxygens (including phenoxy) is 1. The first-order valence-corrected chi connectivity index (χ1v) is 7.63. The van der Waals surface area contributed by atoms with Crippen molar-refractivity contribution in [3.8, 4) is 5.75 Å². The Morgan fingerprint density at radius 2 is 2.08 bits per heavy atom. The Balaban J connectivity index is 1.85. The number of carbonyl (C=O) groups is 1. The molecule has 0 fully saturated rings. The zero-order valence-electron chi connectivity index (χ0n) is 13.6. The minimum absolute atomic E-state index is 0.0990. The number of anilines is 1. The number of nitrogens with two attached hydrogens (primary N) is 1. The predicted molar refractivity (Wildman–Crippen MR) is 91.2 cm³/mol. The Bertz CT molecular complexity index is 915. The standard InChI is InChI=1S/C18H19N3O3/c1-11-15(6-4-12-3-5-14(19)16(22)9-12)20-17-10-13(18(23)24-2)7-8-21(11)17/h3,5,7-10,22H,4,6,19H2,1-2H3.